The minimum atomic E-state index is -4.96. The summed E-state index contributed by atoms with van der Waals surface area (Å²) in [4.78, 5) is 72.8. The fraction of sp³-hybridized carbons (Fsp3) is 0.948. The van der Waals surface area contributed by atoms with Gasteiger partial charge in [0, 0.05) is 25.7 Å². The molecule has 0 saturated heterocycles. The SMILES string of the molecule is CC(C)CCCCCCCCCCCCCCCCCC(=O)O[C@H](COC(=O)CCCCCCCCCCCCCCCCC(C)C)COP(=O)(O)OCC(O)COP(=O)(O)OC[C@@H](COC(=O)CCCCCCCCCCC(C)C)OC(=O)CCCCCCCCCC(C)C. The second kappa shape index (κ2) is 66.3. The van der Waals surface area contributed by atoms with Gasteiger partial charge in [-0.1, -0.05) is 338 Å². The van der Waals surface area contributed by atoms with Gasteiger partial charge in [0.15, 0.2) is 12.2 Å². The highest BCUT2D eigenvalue weighted by Gasteiger charge is 2.30. The first-order chi connectivity index (χ1) is 46.1. The van der Waals surface area contributed by atoms with Crippen molar-refractivity contribution in [2.45, 2.75) is 408 Å². The maximum absolute atomic E-state index is 13.1. The van der Waals surface area contributed by atoms with Crippen LogP contribution in [0, 0.1) is 23.7 Å². The maximum Gasteiger partial charge on any atom is 0.472 e. The van der Waals surface area contributed by atoms with E-state index < -0.39 is 97.5 Å². The van der Waals surface area contributed by atoms with Crippen molar-refractivity contribution >= 4 is 39.5 Å². The molecule has 0 radical (unpaired) electrons. The van der Waals surface area contributed by atoms with E-state index >= 15 is 0 Å². The highest BCUT2D eigenvalue weighted by atomic mass is 31.2. The molecule has 0 heterocycles. The minimum Gasteiger partial charge on any atom is -0.462 e. The fourth-order valence-electron chi connectivity index (χ4n) is 11.7. The first-order valence-electron chi connectivity index (χ1n) is 39.7. The summed E-state index contributed by atoms with van der Waals surface area (Å²) < 4.78 is 68.5. The number of aliphatic hydroxyl groups is 1. The Labute approximate surface area is 588 Å². The van der Waals surface area contributed by atoms with Gasteiger partial charge < -0.3 is 33.8 Å². The fourth-order valence-corrected chi connectivity index (χ4v) is 13.3. The van der Waals surface area contributed by atoms with E-state index in [1.165, 1.54) is 193 Å². The van der Waals surface area contributed by atoms with Crippen LogP contribution in [0.3, 0.4) is 0 Å². The molecule has 0 aliphatic rings. The highest BCUT2D eigenvalue weighted by Crippen LogP contribution is 2.45. The minimum absolute atomic E-state index is 0.103. The summed E-state index contributed by atoms with van der Waals surface area (Å²) in [7, 11) is -9.91. The third-order valence-corrected chi connectivity index (χ3v) is 19.7. The summed E-state index contributed by atoms with van der Waals surface area (Å²) in [6, 6.07) is 0. The van der Waals surface area contributed by atoms with Crippen molar-refractivity contribution in [2.75, 3.05) is 39.6 Å². The number of hydrogen-bond donors (Lipinski definition) is 3. The Morgan fingerprint density at radius 3 is 0.646 bits per heavy atom. The molecule has 5 atom stereocenters. The van der Waals surface area contributed by atoms with E-state index in [0.717, 1.165) is 108 Å². The second-order valence-electron chi connectivity index (χ2n) is 29.7. The van der Waals surface area contributed by atoms with Crippen LogP contribution in [-0.4, -0.2) is 96.7 Å². The number of hydrogen-bond acceptors (Lipinski definition) is 15. The van der Waals surface area contributed by atoms with Crippen LogP contribution in [0.2, 0.25) is 0 Å². The first kappa shape index (κ1) is 94.1. The zero-order chi connectivity index (χ0) is 71.0. The Morgan fingerprint density at radius 2 is 0.438 bits per heavy atom. The molecule has 96 heavy (non-hydrogen) atoms. The van der Waals surface area contributed by atoms with Crippen molar-refractivity contribution in [2.24, 2.45) is 23.7 Å². The lowest BCUT2D eigenvalue weighted by atomic mass is 10.0. The van der Waals surface area contributed by atoms with Crippen LogP contribution in [-0.2, 0) is 65.4 Å². The van der Waals surface area contributed by atoms with Gasteiger partial charge in [-0.05, 0) is 49.4 Å². The molecule has 0 aromatic carbocycles. The molecule has 0 fully saturated rings. The van der Waals surface area contributed by atoms with Crippen LogP contribution in [0.25, 0.3) is 0 Å². The van der Waals surface area contributed by atoms with E-state index in [9.17, 15) is 43.2 Å². The number of esters is 4. The number of rotatable bonds is 74. The number of phosphoric acid groups is 2. The summed E-state index contributed by atoms with van der Waals surface area (Å²) in [6.45, 7) is 14.2. The van der Waals surface area contributed by atoms with Crippen molar-refractivity contribution in [1.29, 1.82) is 0 Å². The Morgan fingerprint density at radius 1 is 0.260 bits per heavy atom. The normalized spacial score (nSPS) is 14.1. The first-order valence-corrected chi connectivity index (χ1v) is 42.7. The highest BCUT2D eigenvalue weighted by molar-refractivity contribution is 7.47. The van der Waals surface area contributed by atoms with E-state index in [0.29, 0.717) is 31.6 Å². The van der Waals surface area contributed by atoms with Gasteiger partial charge in [0.05, 0.1) is 26.4 Å². The van der Waals surface area contributed by atoms with Gasteiger partial charge in [0.2, 0.25) is 0 Å². The Bertz CT molecular complexity index is 1880. The molecule has 0 aromatic rings. The zero-order valence-corrected chi connectivity index (χ0v) is 64.8. The van der Waals surface area contributed by atoms with Crippen molar-refractivity contribution < 1.29 is 80.2 Å². The largest absolute Gasteiger partial charge is 0.472 e. The zero-order valence-electron chi connectivity index (χ0n) is 63.0. The van der Waals surface area contributed by atoms with E-state index in [2.05, 4.69) is 55.4 Å². The molecule has 570 valence electrons. The van der Waals surface area contributed by atoms with Gasteiger partial charge in [-0.3, -0.25) is 37.3 Å². The van der Waals surface area contributed by atoms with Gasteiger partial charge in [-0.2, -0.15) is 0 Å². The summed E-state index contributed by atoms with van der Waals surface area (Å²) in [6.07, 6.45) is 51.5. The van der Waals surface area contributed by atoms with Gasteiger partial charge >= 0.3 is 39.5 Å². The molecule has 0 rings (SSSR count). The average Bonchev–Trinajstić information content (AvgIpc) is 2.24. The molecule has 19 heteroatoms. The van der Waals surface area contributed by atoms with Crippen molar-refractivity contribution in [3.63, 3.8) is 0 Å². The number of carbonyl (C=O) groups is 4. The lowest BCUT2D eigenvalue weighted by Crippen LogP contribution is -2.30. The molecule has 3 unspecified atom stereocenters. The number of unbranched alkanes of at least 4 members (excludes halogenated alkanes) is 40. The van der Waals surface area contributed by atoms with Crippen LogP contribution in [0.15, 0.2) is 0 Å². The monoisotopic (exact) mass is 1410 g/mol. The van der Waals surface area contributed by atoms with Gasteiger partial charge in [-0.15, -0.1) is 0 Å². The number of ether oxygens (including phenoxy) is 4. The van der Waals surface area contributed by atoms with Crippen LogP contribution in [0.4, 0.5) is 0 Å². The topological polar surface area (TPSA) is 237 Å². The van der Waals surface area contributed by atoms with Crippen molar-refractivity contribution in [1.82, 2.24) is 0 Å². The lowest BCUT2D eigenvalue weighted by Gasteiger charge is -2.21. The van der Waals surface area contributed by atoms with Crippen molar-refractivity contribution in [3.05, 3.63) is 0 Å². The lowest BCUT2D eigenvalue weighted by molar-refractivity contribution is -0.161. The van der Waals surface area contributed by atoms with E-state index in [1.807, 2.05) is 0 Å². The molecule has 3 N–H and O–H groups in total. The van der Waals surface area contributed by atoms with Gasteiger partial charge in [-0.25, -0.2) is 9.13 Å². The standard InChI is InChI=1S/C77H150O17P2/c1-67(2)53-45-37-29-22-18-14-10-9-11-17-21-25-35-43-51-59-76(81)93-72(63-87-74(79)57-49-41-33-24-20-16-13-12-15-19-23-30-38-46-54-68(3)4)65-91-95(83,84)89-61-71(78)62-90-96(85,86)92-66-73(94-77(82)60-52-44-36-28-32-40-48-56-70(7)8)64-88-75(80)58-50-42-34-27-26-31-39-47-55-69(5)6/h67-73,78H,9-66H2,1-8H3,(H,83,84)(H,85,86)/t71?,72-,73-/m1/s1. The average molecular weight is 1410 g/mol. The third-order valence-electron chi connectivity index (χ3n) is 17.8. The molecule has 0 spiro atoms. The van der Waals surface area contributed by atoms with E-state index in [1.54, 1.807) is 0 Å². The van der Waals surface area contributed by atoms with Crippen LogP contribution < -0.4 is 0 Å². The molecule has 17 nitrogen and oxygen atoms in total. The van der Waals surface area contributed by atoms with E-state index in [-0.39, 0.29) is 25.7 Å². The number of aliphatic hydroxyl groups excluding tert-OH is 1. The Hall–Kier alpha value is -1.94. The molecule has 0 amide bonds. The van der Waals surface area contributed by atoms with Gasteiger partial charge in [0.25, 0.3) is 0 Å². The molecular weight excluding hydrogens is 1260 g/mol. The quantitative estimate of drug-likeness (QED) is 0.0222. The van der Waals surface area contributed by atoms with Gasteiger partial charge in [0.1, 0.15) is 19.3 Å². The molecule has 0 aliphatic heterocycles. The molecule has 0 bridgehead atoms. The van der Waals surface area contributed by atoms with E-state index in [4.69, 9.17) is 37.0 Å². The number of phosphoric ester groups is 2. The van der Waals surface area contributed by atoms with Crippen molar-refractivity contribution in [3.8, 4) is 0 Å². The van der Waals surface area contributed by atoms with Crippen LogP contribution in [0.1, 0.15) is 389 Å². The molecular formula is C77H150O17P2. The Balaban J connectivity index is 5.23. The maximum atomic E-state index is 13.1. The summed E-state index contributed by atoms with van der Waals surface area (Å²) >= 11 is 0. The summed E-state index contributed by atoms with van der Waals surface area (Å²) in [5, 5.41) is 10.6. The number of carbonyl (C=O) groups excluding carboxylic acids is 4. The summed E-state index contributed by atoms with van der Waals surface area (Å²) in [5.41, 5.74) is 0. The third kappa shape index (κ3) is 70.5. The van der Waals surface area contributed by atoms with Crippen LogP contribution >= 0.6 is 15.6 Å². The molecule has 0 aromatic heterocycles. The Kier molecular flexibility index (Phi) is 65.0. The molecule has 0 saturated carbocycles. The smallest absolute Gasteiger partial charge is 0.462 e. The second-order valence-corrected chi connectivity index (χ2v) is 32.6. The molecule has 0 aliphatic carbocycles. The summed E-state index contributed by atoms with van der Waals surface area (Å²) in [5.74, 6) is 0.902. The predicted molar refractivity (Wildman–Crippen MR) is 391 cm³/mol. The van der Waals surface area contributed by atoms with Crippen LogP contribution in [0.5, 0.6) is 0 Å². The predicted octanol–water partition coefficient (Wildman–Crippen LogP) is 22.4.